The highest BCUT2D eigenvalue weighted by molar-refractivity contribution is 5.78. The molecule has 116 valence electrons. The lowest BCUT2D eigenvalue weighted by Gasteiger charge is -2.55. The molecule has 0 bridgehead atoms. The third-order valence-corrected chi connectivity index (χ3v) is 6.10. The van der Waals surface area contributed by atoms with E-state index < -0.39 is 0 Å². The number of amides is 1. The van der Waals surface area contributed by atoms with Crippen molar-refractivity contribution >= 4 is 11.9 Å². The average molecular weight is 291 g/mol. The Kier molecular flexibility index (Phi) is 3.58. The molecule has 0 aromatic carbocycles. The highest BCUT2D eigenvalue weighted by Crippen LogP contribution is 2.55. The third-order valence-electron chi connectivity index (χ3n) is 6.10. The highest BCUT2D eigenvalue weighted by atomic mass is 16.5. The fourth-order valence-electron chi connectivity index (χ4n) is 4.93. The SMILES string of the molecule is COC(=O)[C@H]1CCC=C2C1CC[C@H]1N(C)C(=O)CC[C@]21C. The van der Waals surface area contributed by atoms with Crippen LogP contribution in [0.5, 0.6) is 0 Å². The maximum absolute atomic E-state index is 12.1. The molecule has 4 nitrogen and oxygen atoms in total. The smallest absolute Gasteiger partial charge is 0.309 e. The van der Waals surface area contributed by atoms with Crippen LogP contribution in [0.4, 0.5) is 0 Å². The van der Waals surface area contributed by atoms with E-state index in [2.05, 4.69) is 13.0 Å². The fraction of sp³-hybridized carbons (Fsp3) is 0.765. The van der Waals surface area contributed by atoms with Crippen molar-refractivity contribution in [3.05, 3.63) is 11.6 Å². The van der Waals surface area contributed by atoms with Gasteiger partial charge in [0.25, 0.3) is 0 Å². The number of ether oxygens (including phenoxy) is 1. The van der Waals surface area contributed by atoms with Gasteiger partial charge in [0, 0.05) is 24.9 Å². The molecule has 1 saturated heterocycles. The molecule has 4 atom stereocenters. The van der Waals surface area contributed by atoms with Gasteiger partial charge in [0.1, 0.15) is 0 Å². The topological polar surface area (TPSA) is 46.6 Å². The molecule has 0 N–H and O–H groups in total. The predicted molar refractivity (Wildman–Crippen MR) is 79.4 cm³/mol. The van der Waals surface area contributed by atoms with Crippen LogP contribution in [0.1, 0.15) is 45.4 Å². The number of fused-ring (bicyclic) bond motifs is 3. The molecule has 0 spiro atoms. The first-order valence-electron chi connectivity index (χ1n) is 8.03. The molecule has 1 unspecified atom stereocenters. The van der Waals surface area contributed by atoms with E-state index in [1.54, 1.807) is 0 Å². The third kappa shape index (κ3) is 2.11. The molecule has 1 aliphatic heterocycles. The normalized spacial score (nSPS) is 39.2. The Morgan fingerprint density at radius 2 is 2.14 bits per heavy atom. The highest BCUT2D eigenvalue weighted by Gasteiger charge is 2.52. The fourth-order valence-corrected chi connectivity index (χ4v) is 4.93. The molecule has 1 amide bonds. The van der Waals surface area contributed by atoms with Gasteiger partial charge in [0.15, 0.2) is 0 Å². The average Bonchev–Trinajstić information content (AvgIpc) is 2.50. The summed E-state index contributed by atoms with van der Waals surface area (Å²) in [6.45, 7) is 2.29. The molecule has 0 radical (unpaired) electrons. The van der Waals surface area contributed by atoms with Crippen LogP contribution in [-0.4, -0.2) is 37.0 Å². The number of methoxy groups -OCH3 is 1. The van der Waals surface area contributed by atoms with Crippen molar-refractivity contribution in [1.82, 2.24) is 4.90 Å². The molecule has 1 saturated carbocycles. The molecule has 1 heterocycles. The van der Waals surface area contributed by atoms with Crippen LogP contribution in [0, 0.1) is 17.3 Å². The molecule has 3 aliphatic rings. The number of piperidine rings is 1. The van der Waals surface area contributed by atoms with Crippen molar-refractivity contribution < 1.29 is 14.3 Å². The molecule has 0 aromatic heterocycles. The van der Waals surface area contributed by atoms with Crippen molar-refractivity contribution in [3.8, 4) is 0 Å². The zero-order valence-electron chi connectivity index (χ0n) is 13.2. The Hall–Kier alpha value is -1.32. The Morgan fingerprint density at radius 3 is 2.86 bits per heavy atom. The van der Waals surface area contributed by atoms with E-state index in [-0.39, 0.29) is 29.3 Å². The number of hydrogen-bond donors (Lipinski definition) is 0. The maximum atomic E-state index is 12.1. The van der Waals surface area contributed by atoms with Gasteiger partial charge in [-0.1, -0.05) is 18.6 Å². The summed E-state index contributed by atoms with van der Waals surface area (Å²) in [6.07, 6.45) is 7.72. The van der Waals surface area contributed by atoms with Crippen molar-refractivity contribution in [1.29, 1.82) is 0 Å². The van der Waals surface area contributed by atoms with Crippen LogP contribution < -0.4 is 0 Å². The summed E-state index contributed by atoms with van der Waals surface area (Å²) >= 11 is 0. The minimum atomic E-state index is -0.0621. The quantitative estimate of drug-likeness (QED) is 0.551. The van der Waals surface area contributed by atoms with Crippen LogP contribution in [0.25, 0.3) is 0 Å². The van der Waals surface area contributed by atoms with Gasteiger partial charge in [0.05, 0.1) is 13.0 Å². The van der Waals surface area contributed by atoms with Crippen LogP contribution in [-0.2, 0) is 14.3 Å². The number of nitrogens with zero attached hydrogens (tertiary/aromatic N) is 1. The van der Waals surface area contributed by atoms with E-state index in [1.807, 2.05) is 11.9 Å². The van der Waals surface area contributed by atoms with Crippen LogP contribution in [0.2, 0.25) is 0 Å². The number of esters is 1. The van der Waals surface area contributed by atoms with Crippen molar-refractivity contribution in [2.24, 2.45) is 17.3 Å². The number of allylic oxidation sites excluding steroid dienone is 1. The zero-order valence-corrected chi connectivity index (χ0v) is 13.2. The molecule has 4 heteroatoms. The van der Waals surface area contributed by atoms with Gasteiger partial charge in [-0.2, -0.15) is 0 Å². The van der Waals surface area contributed by atoms with Gasteiger partial charge < -0.3 is 9.64 Å². The molecular formula is C17H25NO3. The summed E-state index contributed by atoms with van der Waals surface area (Å²) in [5.41, 5.74) is 1.46. The first-order valence-corrected chi connectivity index (χ1v) is 8.03. The summed E-state index contributed by atoms with van der Waals surface area (Å²) in [7, 11) is 3.42. The Balaban J connectivity index is 1.93. The number of hydrogen-bond acceptors (Lipinski definition) is 3. The maximum Gasteiger partial charge on any atom is 0.309 e. The standard InChI is InChI=1S/C17H25NO3/c1-17-10-9-15(19)18(2)14(17)8-7-11-12(16(20)21-3)5-4-6-13(11)17/h6,11-12,14H,4-5,7-10H2,1-3H3/t11?,12-,14+,17+/m0/s1. The van der Waals surface area contributed by atoms with E-state index in [9.17, 15) is 9.59 Å². The lowest BCUT2D eigenvalue weighted by molar-refractivity contribution is -0.150. The van der Waals surface area contributed by atoms with Gasteiger partial charge in [-0.3, -0.25) is 9.59 Å². The van der Waals surface area contributed by atoms with Crippen LogP contribution in [0.15, 0.2) is 11.6 Å². The summed E-state index contributed by atoms with van der Waals surface area (Å²) in [5, 5.41) is 0. The monoisotopic (exact) mass is 291 g/mol. The summed E-state index contributed by atoms with van der Waals surface area (Å²) in [6, 6.07) is 0.289. The summed E-state index contributed by atoms with van der Waals surface area (Å²) < 4.78 is 5.02. The largest absolute Gasteiger partial charge is 0.469 e. The Labute approximate surface area is 126 Å². The van der Waals surface area contributed by atoms with Gasteiger partial charge in [-0.05, 0) is 38.0 Å². The molecular weight excluding hydrogens is 266 g/mol. The molecule has 2 aliphatic carbocycles. The lowest BCUT2D eigenvalue weighted by Crippen LogP contribution is -2.57. The van der Waals surface area contributed by atoms with E-state index >= 15 is 0 Å². The van der Waals surface area contributed by atoms with Gasteiger partial charge in [0.2, 0.25) is 5.91 Å². The van der Waals surface area contributed by atoms with Crippen molar-refractivity contribution in [2.75, 3.05) is 14.2 Å². The predicted octanol–water partition coefficient (Wildman–Crippen LogP) is 2.53. The second-order valence-corrected chi connectivity index (χ2v) is 6.99. The minimum Gasteiger partial charge on any atom is -0.469 e. The number of likely N-dealkylation sites (tertiary alicyclic amines) is 1. The lowest BCUT2D eigenvalue weighted by atomic mass is 9.55. The zero-order chi connectivity index (χ0) is 15.2. The Bertz CT molecular complexity index is 498. The van der Waals surface area contributed by atoms with Gasteiger partial charge >= 0.3 is 5.97 Å². The van der Waals surface area contributed by atoms with Crippen molar-refractivity contribution in [2.45, 2.75) is 51.5 Å². The van der Waals surface area contributed by atoms with E-state index in [4.69, 9.17) is 4.74 Å². The van der Waals surface area contributed by atoms with Crippen LogP contribution >= 0.6 is 0 Å². The second kappa shape index (κ2) is 5.15. The van der Waals surface area contributed by atoms with E-state index in [1.165, 1.54) is 12.7 Å². The number of carbonyl (C=O) groups excluding carboxylic acids is 2. The number of rotatable bonds is 1. The van der Waals surface area contributed by atoms with Gasteiger partial charge in [-0.25, -0.2) is 0 Å². The summed E-state index contributed by atoms with van der Waals surface area (Å²) in [5.74, 6) is 0.523. The molecule has 2 fully saturated rings. The molecule has 0 aromatic rings. The molecule has 3 rings (SSSR count). The molecule has 21 heavy (non-hydrogen) atoms. The first kappa shape index (κ1) is 14.6. The first-order chi connectivity index (χ1) is 9.99. The van der Waals surface area contributed by atoms with E-state index in [0.717, 1.165) is 32.1 Å². The summed E-state index contributed by atoms with van der Waals surface area (Å²) in [4.78, 5) is 26.0. The van der Waals surface area contributed by atoms with Crippen molar-refractivity contribution in [3.63, 3.8) is 0 Å². The van der Waals surface area contributed by atoms with Crippen LogP contribution in [0.3, 0.4) is 0 Å². The van der Waals surface area contributed by atoms with E-state index in [0.29, 0.717) is 12.3 Å². The second-order valence-electron chi connectivity index (χ2n) is 6.99. The minimum absolute atomic E-state index is 0.00992. The van der Waals surface area contributed by atoms with Gasteiger partial charge in [-0.15, -0.1) is 0 Å². The Morgan fingerprint density at radius 1 is 1.38 bits per heavy atom. The number of carbonyl (C=O) groups is 2.